The fourth-order valence-corrected chi connectivity index (χ4v) is 2.73. The molecule has 0 saturated carbocycles. The molecule has 134 valence electrons. The third kappa shape index (κ3) is 3.45. The van der Waals surface area contributed by atoms with E-state index in [1.807, 2.05) is 30.3 Å². The maximum atomic E-state index is 12.4. The smallest absolute Gasteiger partial charge is 0.320 e. The maximum Gasteiger partial charge on any atom is 0.320 e. The van der Waals surface area contributed by atoms with Crippen molar-refractivity contribution in [1.29, 1.82) is 0 Å². The van der Waals surface area contributed by atoms with Crippen LogP contribution in [0.4, 0.5) is 0 Å². The molecule has 0 atom stereocenters. The second-order valence-corrected chi connectivity index (χ2v) is 6.20. The molecular formula is C19H13ClN4O3. The first-order valence-electron chi connectivity index (χ1n) is 8.08. The quantitative estimate of drug-likeness (QED) is 0.508. The molecule has 0 aliphatic carbocycles. The lowest BCUT2D eigenvalue weighted by Crippen LogP contribution is -2.40. The number of hydrogen-bond acceptors (Lipinski definition) is 5. The summed E-state index contributed by atoms with van der Waals surface area (Å²) in [6.07, 6.45) is 3.02. The molecule has 0 unspecified atom stereocenters. The zero-order chi connectivity index (χ0) is 18.8. The first-order valence-corrected chi connectivity index (χ1v) is 8.46. The van der Waals surface area contributed by atoms with Gasteiger partial charge in [0, 0.05) is 28.7 Å². The minimum atomic E-state index is -0.688. The first kappa shape index (κ1) is 17.0. The molecule has 8 heteroatoms. The standard InChI is InChI=1S/C19H13ClN4O3/c20-14-6-8-15(9-7-14)24-11-10-23(18(25)19(24)26)12-16-21-17(22-27-16)13-4-2-1-3-5-13/h1-11H,12H2. The van der Waals surface area contributed by atoms with E-state index in [1.165, 1.54) is 21.5 Å². The molecule has 0 saturated heterocycles. The van der Waals surface area contributed by atoms with Crippen molar-refractivity contribution in [3.63, 3.8) is 0 Å². The van der Waals surface area contributed by atoms with Crippen molar-refractivity contribution in [1.82, 2.24) is 19.3 Å². The van der Waals surface area contributed by atoms with Gasteiger partial charge in [0.15, 0.2) is 0 Å². The Hall–Kier alpha value is -3.45. The molecule has 0 radical (unpaired) electrons. The van der Waals surface area contributed by atoms with Crippen LogP contribution in [-0.4, -0.2) is 19.3 Å². The van der Waals surface area contributed by atoms with Crippen LogP contribution in [0.25, 0.3) is 17.1 Å². The van der Waals surface area contributed by atoms with E-state index in [-0.39, 0.29) is 12.4 Å². The lowest BCUT2D eigenvalue weighted by Gasteiger charge is -2.07. The Labute approximate surface area is 158 Å². The van der Waals surface area contributed by atoms with Gasteiger partial charge >= 0.3 is 11.1 Å². The van der Waals surface area contributed by atoms with Gasteiger partial charge in [0.1, 0.15) is 6.54 Å². The molecule has 2 aromatic carbocycles. The molecule has 0 fully saturated rings. The Balaban J connectivity index is 1.63. The molecule has 0 bridgehead atoms. The fourth-order valence-electron chi connectivity index (χ4n) is 2.61. The van der Waals surface area contributed by atoms with Crippen molar-refractivity contribution in [2.75, 3.05) is 0 Å². The highest BCUT2D eigenvalue weighted by Gasteiger charge is 2.12. The molecule has 0 aliphatic heterocycles. The second kappa shape index (κ2) is 7.05. The summed E-state index contributed by atoms with van der Waals surface area (Å²) in [7, 11) is 0. The van der Waals surface area contributed by atoms with E-state index in [0.717, 1.165) is 5.56 Å². The molecule has 0 aliphatic rings. The molecule has 4 aromatic rings. The largest absolute Gasteiger partial charge is 0.337 e. The predicted molar refractivity (Wildman–Crippen MR) is 100 cm³/mol. The zero-order valence-corrected chi connectivity index (χ0v) is 14.7. The highest BCUT2D eigenvalue weighted by atomic mass is 35.5. The van der Waals surface area contributed by atoms with Crippen LogP contribution >= 0.6 is 11.6 Å². The monoisotopic (exact) mass is 380 g/mol. The minimum absolute atomic E-state index is 0.00929. The van der Waals surface area contributed by atoms with Crippen LogP contribution < -0.4 is 11.1 Å². The van der Waals surface area contributed by atoms with Gasteiger partial charge in [-0.1, -0.05) is 47.1 Å². The average molecular weight is 381 g/mol. The lowest BCUT2D eigenvalue weighted by molar-refractivity contribution is 0.369. The Morgan fingerprint density at radius 2 is 1.67 bits per heavy atom. The lowest BCUT2D eigenvalue weighted by atomic mass is 10.2. The summed E-state index contributed by atoms with van der Waals surface area (Å²) >= 11 is 5.86. The van der Waals surface area contributed by atoms with Crippen LogP contribution in [-0.2, 0) is 6.54 Å². The highest BCUT2D eigenvalue weighted by molar-refractivity contribution is 6.30. The number of halogens is 1. The predicted octanol–water partition coefficient (Wildman–Crippen LogP) is 2.75. The van der Waals surface area contributed by atoms with Gasteiger partial charge in [-0.25, -0.2) is 0 Å². The SMILES string of the molecule is O=c1c(=O)n(-c2ccc(Cl)cc2)ccn1Cc1nc(-c2ccccc2)no1. The van der Waals surface area contributed by atoms with Crippen molar-refractivity contribution < 1.29 is 4.52 Å². The number of nitrogens with zero attached hydrogens (tertiary/aromatic N) is 4. The van der Waals surface area contributed by atoms with Gasteiger partial charge in [-0.3, -0.25) is 18.7 Å². The van der Waals surface area contributed by atoms with Crippen molar-refractivity contribution in [3.05, 3.63) is 98.6 Å². The summed E-state index contributed by atoms with van der Waals surface area (Å²) in [5.74, 6) is 0.660. The normalized spacial score (nSPS) is 10.9. The van der Waals surface area contributed by atoms with Crippen molar-refractivity contribution >= 4 is 11.6 Å². The minimum Gasteiger partial charge on any atom is -0.337 e. The van der Waals surface area contributed by atoms with Crippen LogP contribution in [0.3, 0.4) is 0 Å². The van der Waals surface area contributed by atoms with E-state index >= 15 is 0 Å². The van der Waals surface area contributed by atoms with Crippen LogP contribution in [0.1, 0.15) is 5.89 Å². The van der Waals surface area contributed by atoms with Gasteiger partial charge in [0.05, 0.1) is 0 Å². The zero-order valence-electron chi connectivity index (χ0n) is 13.9. The van der Waals surface area contributed by atoms with Crippen LogP contribution in [0.15, 0.2) is 81.1 Å². The summed E-state index contributed by atoms with van der Waals surface area (Å²) in [5, 5.41) is 4.46. The van der Waals surface area contributed by atoms with Gasteiger partial charge < -0.3 is 4.52 Å². The van der Waals surface area contributed by atoms with E-state index < -0.39 is 11.1 Å². The number of hydrogen-bond donors (Lipinski definition) is 0. The summed E-state index contributed by atoms with van der Waals surface area (Å²) in [5.41, 5.74) is -0.00895. The second-order valence-electron chi connectivity index (χ2n) is 5.76. The van der Waals surface area contributed by atoms with E-state index in [0.29, 0.717) is 16.5 Å². The third-order valence-electron chi connectivity index (χ3n) is 3.97. The molecule has 7 nitrogen and oxygen atoms in total. The molecule has 0 spiro atoms. The van der Waals surface area contributed by atoms with Gasteiger partial charge in [-0.05, 0) is 24.3 Å². The number of benzene rings is 2. The molecule has 27 heavy (non-hydrogen) atoms. The van der Waals surface area contributed by atoms with Gasteiger partial charge in [-0.15, -0.1) is 0 Å². The van der Waals surface area contributed by atoms with Crippen LogP contribution in [0, 0.1) is 0 Å². The number of aromatic nitrogens is 4. The Bertz CT molecular complexity index is 1190. The fraction of sp³-hybridized carbons (Fsp3) is 0.0526. The van der Waals surface area contributed by atoms with Crippen LogP contribution in [0.2, 0.25) is 5.02 Å². The maximum absolute atomic E-state index is 12.4. The van der Waals surface area contributed by atoms with Crippen LogP contribution in [0.5, 0.6) is 0 Å². The van der Waals surface area contributed by atoms with E-state index in [4.69, 9.17) is 16.1 Å². The topological polar surface area (TPSA) is 82.9 Å². The Morgan fingerprint density at radius 1 is 0.926 bits per heavy atom. The number of rotatable bonds is 4. The van der Waals surface area contributed by atoms with E-state index in [9.17, 15) is 9.59 Å². The third-order valence-corrected chi connectivity index (χ3v) is 4.22. The highest BCUT2D eigenvalue weighted by Crippen LogP contribution is 2.15. The molecule has 0 N–H and O–H groups in total. The summed E-state index contributed by atoms with van der Waals surface area (Å²) in [4.78, 5) is 29.1. The van der Waals surface area contributed by atoms with Crippen molar-refractivity contribution in [2.45, 2.75) is 6.54 Å². The summed E-state index contributed by atoms with van der Waals surface area (Å²) < 4.78 is 7.70. The van der Waals surface area contributed by atoms with Gasteiger partial charge in [-0.2, -0.15) is 4.98 Å². The van der Waals surface area contributed by atoms with E-state index in [2.05, 4.69) is 10.1 Å². The molecule has 2 heterocycles. The van der Waals surface area contributed by atoms with E-state index in [1.54, 1.807) is 24.3 Å². The van der Waals surface area contributed by atoms with Gasteiger partial charge in [0.25, 0.3) is 0 Å². The molecule has 0 amide bonds. The average Bonchev–Trinajstić information content (AvgIpc) is 3.16. The van der Waals surface area contributed by atoms with Gasteiger partial charge in [0.2, 0.25) is 11.7 Å². The first-order chi connectivity index (χ1) is 13.1. The molecule has 4 rings (SSSR count). The molecule has 2 aromatic heterocycles. The molecular weight excluding hydrogens is 368 g/mol. The summed E-state index contributed by atoms with van der Waals surface area (Å²) in [6, 6.07) is 16.0. The van der Waals surface area contributed by atoms with Crippen molar-refractivity contribution in [3.8, 4) is 17.1 Å². The summed E-state index contributed by atoms with van der Waals surface area (Å²) in [6.45, 7) is 0.00929. The Kier molecular flexibility index (Phi) is 4.43. The Morgan fingerprint density at radius 3 is 2.41 bits per heavy atom. The van der Waals surface area contributed by atoms with Crippen molar-refractivity contribution in [2.24, 2.45) is 0 Å².